The average Bonchev–Trinajstić information content (AvgIpc) is 3.40. The van der Waals surface area contributed by atoms with Crippen molar-refractivity contribution in [3.63, 3.8) is 0 Å². The topological polar surface area (TPSA) is 44.8 Å². The molecule has 2 heterocycles. The van der Waals surface area contributed by atoms with Gasteiger partial charge in [-0.3, -0.25) is 4.79 Å². The molecule has 5 rings (SSSR count). The third-order valence-corrected chi connectivity index (χ3v) is 11.1. The SMILES string of the molecule is CC([C@H]1CCC2C3(CCC[C@@]21C)OCCCCO3)C(C)(C)CC(C)(C)CC1CC2(CC2)C(=O)O1. The smallest absolute Gasteiger partial charge is 0.312 e. The second kappa shape index (κ2) is 8.47. The van der Waals surface area contributed by atoms with Crippen molar-refractivity contribution >= 4 is 5.97 Å². The number of rotatable bonds is 6. The molecule has 3 saturated carbocycles. The van der Waals surface area contributed by atoms with Crippen LogP contribution in [0.5, 0.6) is 0 Å². The van der Waals surface area contributed by atoms with Gasteiger partial charge in [-0.1, -0.05) is 41.5 Å². The van der Waals surface area contributed by atoms with Gasteiger partial charge in [0.05, 0.1) is 18.6 Å². The second-order valence-corrected chi connectivity index (χ2v) is 14.6. The molecule has 0 aromatic rings. The van der Waals surface area contributed by atoms with Crippen LogP contribution in [0.4, 0.5) is 0 Å². The van der Waals surface area contributed by atoms with Crippen molar-refractivity contribution in [1.29, 1.82) is 0 Å². The molecule has 2 spiro atoms. The van der Waals surface area contributed by atoms with Gasteiger partial charge in [-0.15, -0.1) is 0 Å². The first-order valence-corrected chi connectivity index (χ1v) is 14.4. The van der Waals surface area contributed by atoms with E-state index >= 15 is 0 Å². The van der Waals surface area contributed by atoms with E-state index < -0.39 is 0 Å². The van der Waals surface area contributed by atoms with Crippen LogP contribution in [0.3, 0.4) is 0 Å². The number of ether oxygens (including phenoxy) is 3. The van der Waals surface area contributed by atoms with Crippen molar-refractivity contribution in [3.8, 4) is 0 Å². The van der Waals surface area contributed by atoms with Crippen molar-refractivity contribution in [2.75, 3.05) is 13.2 Å². The minimum Gasteiger partial charge on any atom is -0.462 e. The van der Waals surface area contributed by atoms with Crippen LogP contribution in [0, 0.1) is 39.4 Å². The molecule has 3 unspecified atom stereocenters. The van der Waals surface area contributed by atoms with E-state index in [2.05, 4.69) is 41.5 Å². The minimum absolute atomic E-state index is 0.0834. The maximum Gasteiger partial charge on any atom is 0.312 e. The van der Waals surface area contributed by atoms with Crippen molar-refractivity contribution in [1.82, 2.24) is 0 Å². The molecule has 5 aliphatic rings. The Morgan fingerprint density at radius 3 is 2.26 bits per heavy atom. The number of esters is 1. The normalized spacial score (nSPS) is 37.9. The molecule has 5 fully saturated rings. The molecule has 2 saturated heterocycles. The van der Waals surface area contributed by atoms with E-state index in [0.29, 0.717) is 23.2 Å². The van der Waals surface area contributed by atoms with Gasteiger partial charge in [0.2, 0.25) is 0 Å². The van der Waals surface area contributed by atoms with E-state index in [0.717, 1.165) is 64.6 Å². The first-order valence-electron chi connectivity index (χ1n) is 14.4. The summed E-state index contributed by atoms with van der Waals surface area (Å²) in [4.78, 5) is 12.3. The quantitative estimate of drug-likeness (QED) is 0.379. The maximum absolute atomic E-state index is 12.3. The Morgan fingerprint density at radius 1 is 0.971 bits per heavy atom. The van der Waals surface area contributed by atoms with Crippen LogP contribution < -0.4 is 0 Å². The van der Waals surface area contributed by atoms with E-state index in [1.807, 2.05) is 0 Å². The average molecular weight is 475 g/mol. The summed E-state index contributed by atoms with van der Waals surface area (Å²) in [5.41, 5.74) is 0.587. The Morgan fingerprint density at radius 2 is 1.65 bits per heavy atom. The molecule has 2 aliphatic heterocycles. The predicted octanol–water partition coefficient (Wildman–Crippen LogP) is 7.29. The van der Waals surface area contributed by atoms with Crippen molar-refractivity contribution < 1.29 is 19.0 Å². The molecule has 0 bridgehead atoms. The molecular weight excluding hydrogens is 424 g/mol. The summed E-state index contributed by atoms with van der Waals surface area (Å²) >= 11 is 0. The number of hydrogen-bond donors (Lipinski definition) is 0. The maximum atomic E-state index is 12.3. The number of fused-ring (bicyclic) bond motifs is 2. The molecule has 34 heavy (non-hydrogen) atoms. The van der Waals surface area contributed by atoms with Gasteiger partial charge in [0.25, 0.3) is 0 Å². The van der Waals surface area contributed by atoms with Crippen LogP contribution in [0.25, 0.3) is 0 Å². The lowest BCUT2D eigenvalue weighted by Crippen LogP contribution is -2.53. The van der Waals surface area contributed by atoms with Gasteiger partial charge in [-0.2, -0.15) is 0 Å². The molecule has 0 radical (unpaired) electrons. The molecule has 0 amide bonds. The number of cyclic esters (lactones) is 1. The van der Waals surface area contributed by atoms with E-state index in [-0.39, 0.29) is 34.1 Å². The fourth-order valence-corrected chi connectivity index (χ4v) is 9.28. The zero-order valence-electron chi connectivity index (χ0n) is 22.8. The Hall–Kier alpha value is -0.610. The van der Waals surface area contributed by atoms with E-state index in [4.69, 9.17) is 14.2 Å². The van der Waals surface area contributed by atoms with Gasteiger partial charge in [-0.25, -0.2) is 0 Å². The van der Waals surface area contributed by atoms with Gasteiger partial charge in [-0.05, 0) is 92.3 Å². The van der Waals surface area contributed by atoms with Gasteiger partial charge in [0, 0.05) is 18.8 Å². The second-order valence-electron chi connectivity index (χ2n) is 14.6. The molecule has 5 atom stereocenters. The zero-order valence-corrected chi connectivity index (χ0v) is 22.8. The van der Waals surface area contributed by atoms with Crippen LogP contribution in [0.15, 0.2) is 0 Å². The van der Waals surface area contributed by atoms with Crippen molar-refractivity contribution in [2.45, 2.75) is 130 Å². The van der Waals surface area contributed by atoms with E-state index in [1.165, 1.54) is 25.7 Å². The Balaban J connectivity index is 1.27. The lowest BCUT2D eigenvalue weighted by atomic mass is 9.55. The summed E-state index contributed by atoms with van der Waals surface area (Å²) < 4.78 is 18.9. The molecule has 194 valence electrons. The standard InChI is InChI=1S/C30H50O4/c1-21(27(4,5)20-26(2,3)18-22-19-29(14-15-29)25(31)34-22)23-10-11-24-28(23,6)12-9-13-30(24)32-16-7-8-17-33-30/h21-24H,7-20H2,1-6H3/t21?,22?,23-,24?,28-/m1/s1. The van der Waals surface area contributed by atoms with Gasteiger partial charge in [0.15, 0.2) is 5.79 Å². The third-order valence-electron chi connectivity index (χ3n) is 11.1. The highest BCUT2D eigenvalue weighted by atomic mass is 16.7. The molecule has 3 aliphatic carbocycles. The molecule has 0 aromatic heterocycles. The highest BCUT2D eigenvalue weighted by Crippen LogP contribution is 2.64. The van der Waals surface area contributed by atoms with Crippen LogP contribution in [-0.4, -0.2) is 31.1 Å². The summed E-state index contributed by atoms with van der Waals surface area (Å²) in [6.45, 7) is 16.6. The first kappa shape index (κ1) is 25.1. The third kappa shape index (κ3) is 4.27. The van der Waals surface area contributed by atoms with Gasteiger partial charge < -0.3 is 14.2 Å². The van der Waals surface area contributed by atoms with Crippen LogP contribution in [0.1, 0.15) is 119 Å². The Kier molecular flexibility index (Phi) is 6.24. The van der Waals surface area contributed by atoms with E-state index in [1.54, 1.807) is 0 Å². The fourth-order valence-electron chi connectivity index (χ4n) is 9.28. The molecule has 4 nitrogen and oxygen atoms in total. The van der Waals surface area contributed by atoms with Crippen molar-refractivity contribution in [3.05, 3.63) is 0 Å². The molecule has 4 heteroatoms. The van der Waals surface area contributed by atoms with Crippen LogP contribution in [0.2, 0.25) is 0 Å². The highest BCUT2D eigenvalue weighted by molar-refractivity contribution is 5.81. The summed E-state index contributed by atoms with van der Waals surface area (Å²) in [7, 11) is 0. The lowest BCUT2D eigenvalue weighted by molar-refractivity contribution is -0.292. The fraction of sp³-hybridized carbons (Fsp3) is 0.967. The monoisotopic (exact) mass is 474 g/mol. The summed E-state index contributed by atoms with van der Waals surface area (Å²) in [6, 6.07) is 0. The largest absolute Gasteiger partial charge is 0.462 e. The molecular formula is C30H50O4. The van der Waals surface area contributed by atoms with Gasteiger partial charge >= 0.3 is 5.97 Å². The predicted molar refractivity (Wildman–Crippen MR) is 134 cm³/mol. The molecule has 0 aromatic carbocycles. The Labute approximate surface area is 208 Å². The summed E-state index contributed by atoms with van der Waals surface area (Å²) in [5, 5.41) is 0. The highest BCUT2D eigenvalue weighted by Gasteiger charge is 2.62. The number of hydrogen-bond acceptors (Lipinski definition) is 4. The molecule has 0 N–H and O–H groups in total. The minimum atomic E-state index is -0.327. The number of carbonyl (C=O) groups excluding carboxylic acids is 1. The van der Waals surface area contributed by atoms with Crippen LogP contribution in [-0.2, 0) is 19.0 Å². The Bertz CT molecular complexity index is 773. The lowest BCUT2D eigenvalue weighted by Gasteiger charge is -2.54. The van der Waals surface area contributed by atoms with Crippen molar-refractivity contribution in [2.24, 2.45) is 39.4 Å². The van der Waals surface area contributed by atoms with Gasteiger partial charge in [0.1, 0.15) is 6.10 Å². The number of carbonyl (C=O) groups is 1. The summed E-state index contributed by atoms with van der Waals surface area (Å²) in [6.07, 6.45) is 13.7. The summed E-state index contributed by atoms with van der Waals surface area (Å²) in [5.74, 6) is 1.61. The first-order chi connectivity index (χ1) is 15.9. The van der Waals surface area contributed by atoms with Crippen LogP contribution >= 0.6 is 0 Å². The van der Waals surface area contributed by atoms with E-state index in [9.17, 15) is 4.79 Å². The zero-order chi connectivity index (χ0) is 24.4.